The van der Waals surface area contributed by atoms with Crippen LogP contribution in [0.2, 0.25) is 0 Å². The Kier molecular flexibility index (Phi) is 5.90. The maximum Gasteiger partial charge on any atom is 0.263 e. The Hall–Kier alpha value is -3.74. The molecule has 0 aliphatic heterocycles. The second-order valence-corrected chi connectivity index (χ2v) is 7.78. The Labute approximate surface area is 185 Å². The number of aromatic nitrogens is 3. The van der Waals surface area contributed by atoms with Gasteiger partial charge in [-0.05, 0) is 55.7 Å². The summed E-state index contributed by atoms with van der Waals surface area (Å²) in [6.45, 7) is 5.98. The molecule has 0 unspecified atom stereocenters. The molecule has 0 fully saturated rings. The maximum atomic E-state index is 13.8. The van der Waals surface area contributed by atoms with Crippen molar-refractivity contribution in [1.29, 1.82) is 0 Å². The van der Waals surface area contributed by atoms with E-state index in [-0.39, 0.29) is 30.2 Å². The average Bonchev–Trinajstić information content (AvgIpc) is 3.04. The summed E-state index contributed by atoms with van der Waals surface area (Å²) in [6, 6.07) is 13.9. The Balaban J connectivity index is 1.61. The molecule has 2 heterocycles. The number of hydrogen-bond acceptors (Lipinski definition) is 3. The molecule has 32 heavy (non-hydrogen) atoms. The molecule has 2 aromatic carbocycles. The van der Waals surface area contributed by atoms with Gasteiger partial charge in [-0.2, -0.15) is 0 Å². The maximum absolute atomic E-state index is 13.8. The molecule has 0 atom stereocenters. The second kappa shape index (κ2) is 8.78. The average molecular weight is 432 g/mol. The third-order valence-corrected chi connectivity index (χ3v) is 5.80. The van der Waals surface area contributed by atoms with Gasteiger partial charge in [-0.3, -0.25) is 18.7 Å². The van der Waals surface area contributed by atoms with E-state index in [1.54, 1.807) is 16.7 Å². The number of para-hydroxylation sites is 1. The van der Waals surface area contributed by atoms with Crippen molar-refractivity contribution in [1.82, 2.24) is 14.1 Å². The number of benzene rings is 2. The monoisotopic (exact) mass is 432 g/mol. The standard InChI is InChI=1S/C25H25FN4O2/c1-4-18-8-5-6-11-21(18)28-22(31)12-13-29-15-27-24-23(25(29)32)16(2)17(3)30(24)20-10-7-9-19(26)14-20/h5-11,14-15H,4,12-13H2,1-3H3,(H,28,31). The van der Waals surface area contributed by atoms with Crippen LogP contribution in [0.1, 0.15) is 30.2 Å². The van der Waals surface area contributed by atoms with E-state index in [2.05, 4.69) is 10.3 Å². The number of carbonyl (C=O) groups is 1. The van der Waals surface area contributed by atoms with E-state index in [4.69, 9.17) is 0 Å². The van der Waals surface area contributed by atoms with E-state index in [1.165, 1.54) is 23.0 Å². The van der Waals surface area contributed by atoms with Gasteiger partial charge in [-0.1, -0.05) is 31.2 Å². The van der Waals surface area contributed by atoms with E-state index >= 15 is 0 Å². The Morgan fingerprint density at radius 2 is 1.91 bits per heavy atom. The molecule has 0 saturated heterocycles. The van der Waals surface area contributed by atoms with Gasteiger partial charge < -0.3 is 5.32 Å². The quantitative estimate of drug-likeness (QED) is 0.487. The molecule has 2 aromatic heterocycles. The zero-order valence-electron chi connectivity index (χ0n) is 18.4. The van der Waals surface area contributed by atoms with Gasteiger partial charge in [0.25, 0.3) is 5.56 Å². The molecule has 7 heteroatoms. The lowest BCUT2D eigenvalue weighted by Crippen LogP contribution is -2.24. The van der Waals surface area contributed by atoms with Gasteiger partial charge in [-0.15, -0.1) is 0 Å². The molecule has 1 N–H and O–H groups in total. The van der Waals surface area contributed by atoms with Gasteiger partial charge >= 0.3 is 0 Å². The van der Waals surface area contributed by atoms with Crippen molar-refractivity contribution in [2.45, 2.75) is 40.2 Å². The number of anilines is 1. The van der Waals surface area contributed by atoms with Gasteiger partial charge in [0.15, 0.2) is 5.65 Å². The molecule has 0 bridgehead atoms. The van der Waals surface area contributed by atoms with Crippen LogP contribution in [0.3, 0.4) is 0 Å². The first kappa shape index (κ1) is 21.5. The Bertz CT molecular complexity index is 1370. The highest BCUT2D eigenvalue weighted by Crippen LogP contribution is 2.25. The van der Waals surface area contributed by atoms with Gasteiger partial charge in [-0.25, -0.2) is 9.37 Å². The summed E-state index contributed by atoms with van der Waals surface area (Å²) < 4.78 is 17.0. The van der Waals surface area contributed by atoms with Crippen LogP contribution in [-0.2, 0) is 17.8 Å². The molecule has 6 nitrogen and oxygen atoms in total. The predicted molar refractivity (Wildman–Crippen MR) is 124 cm³/mol. The van der Waals surface area contributed by atoms with Gasteiger partial charge in [0.1, 0.15) is 5.82 Å². The third-order valence-electron chi connectivity index (χ3n) is 5.80. The molecular formula is C25H25FN4O2. The van der Waals surface area contributed by atoms with Crippen LogP contribution in [-0.4, -0.2) is 20.0 Å². The molecule has 4 aromatic rings. The smallest absolute Gasteiger partial charge is 0.263 e. The highest BCUT2D eigenvalue weighted by molar-refractivity contribution is 5.91. The fourth-order valence-electron chi connectivity index (χ4n) is 3.96. The van der Waals surface area contributed by atoms with Gasteiger partial charge in [0.05, 0.1) is 17.4 Å². The molecule has 0 spiro atoms. The molecule has 164 valence electrons. The number of nitrogens with one attached hydrogen (secondary N) is 1. The molecule has 0 radical (unpaired) electrons. The van der Waals surface area contributed by atoms with Crippen molar-refractivity contribution in [3.8, 4) is 5.69 Å². The SMILES string of the molecule is CCc1ccccc1NC(=O)CCn1cnc2c(c(C)c(C)n2-c2cccc(F)c2)c1=O. The number of amides is 1. The van der Waals surface area contributed by atoms with Crippen molar-refractivity contribution >= 4 is 22.6 Å². The minimum Gasteiger partial charge on any atom is -0.326 e. The number of hydrogen-bond donors (Lipinski definition) is 1. The summed E-state index contributed by atoms with van der Waals surface area (Å²) in [6.07, 6.45) is 2.41. The lowest BCUT2D eigenvalue weighted by Gasteiger charge is -2.11. The first-order valence-electron chi connectivity index (χ1n) is 10.6. The van der Waals surface area contributed by atoms with Crippen molar-refractivity contribution < 1.29 is 9.18 Å². The largest absolute Gasteiger partial charge is 0.326 e. The molecular weight excluding hydrogens is 407 g/mol. The van der Waals surface area contributed by atoms with E-state index in [0.29, 0.717) is 16.7 Å². The van der Waals surface area contributed by atoms with Gasteiger partial charge in [0.2, 0.25) is 5.91 Å². The summed E-state index contributed by atoms with van der Waals surface area (Å²) >= 11 is 0. The summed E-state index contributed by atoms with van der Waals surface area (Å²) in [4.78, 5) is 30.2. The summed E-state index contributed by atoms with van der Waals surface area (Å²) in [5.41, 5.74) is 4.34. The van der Waals surface area contributed by atoms with Crippen LogP contribution >= 0.6 is 0 Å². The molecule has 4 rings (SSSR count). The fraction of sp³-hybridized carbons (Fsp3) is 0.240. The zero-order chi connectivity index (χ0) is 22.8. The van der Waals surface area contributed by atoms with Gasteiger partial charge in [0, 0.05) is 24.3 Å². The van der Waals surface area contributed by atoms with Crippen molar-refractivity contribution in [3.05, 3.63) is 87.9 Å². The summed E-state index contributed by atoms with van der Waals surface area (Å²) in [5, 5.41) is 3.40. The Morgan fingerprint density at radius 1 is 1.12 bits per heavy atom. The number of fused-ring (bicyclic) bond motifs is 1. The third kappa shape index (κ3) is 3.93. The number of rotatable bonds is 6. The Morgan fingerprint density at radius 3 is 2.66 bits per heavy atom. The highest BCUT2D eigenvalue weighted by atomic mass is 19.1. The minimum atomic E-state index is -0.356. The van der Waals surface area contributed by atoms with Crippen LogP contribution in [0.5, 0.6) is 0 Å². The van der Waals surface area contributed by atoms with E-state index in [0.717, 1.165) is 28.9 Å². The molecule has 0 aliphatic carbocycles. The van der Waals surface area contributed by atoms with Crippen molar-refractivity contribution in [2.24, 2.45) is 0 Å². The second-order valence-electron chi connectivity index (χ2n) is 7.78. The lowest BCUT2D eigenvalue weighted by molar-refractivity contribution is -0.116. The predicted octanol–water partition coefficient (Wildman–Crippen LogP) is 4.53. The van der Waals surface area contributed by atoms with E-state index < -0.39 is 0 Å². The molecule has 0 aliphatic rings. The van der Waals surface area contributed by atoms with E-state index in [9.17, 15) is 14.0 Å². The lowest BCUT2D eigenvalue weighted by atomic mass is 10.1. The fourth-order valence-corrected chi connectivity index (χ4v) is 3.96. The number of nitrogens with zero attached hydrogens (tertiary/aromatic N) is 3. The molecule has 1 amide bonds. The van der Waals surface area contributed by atoms with E-state index in [1.807, 2.05) is 45.0 Å². The van der Waals surface area contributed by atoms with Crippen LogP contribution in [0.15, 0.2) is 59.7 Å². The van der Waals surface area contributed by atoms with Crippen LogP contribution in [0.25, 0.3) is 16.7 Å². The number of halogens is 1. The zero-order valence-corrected chi connectivity index (χ0v) is 18.4. The first-order valence-corrected chi connectivity index (χ1v) is 10.6. The minimum absolute atomic E-state index is 0.147. The van der Waals surface area contributed by atoms with Crippen LogP contribution in [0, 0.1) is 19.7 Å². The normalized spacial score (nSPS) is 11.1. The van der Waals surface area contributed by atoms with Crippen molar-refractivity contribution in [3.63, 3.8) is 0 Å². The first-order chi connectivity index (χ1) is 15.4. The summed E-state index contributed by atoms with van der Waals surface area (Å²) in [7, 11) is 0. The number of aryl methyl sites for hydroxylation is 3. The van der Waals surface area contributed by atoms with Crippen molar-refractivity contribution in [2.75, 3.05) is 5.32 Å². The van der Waals surface area contributed by atoms with Crippen LogP contribution < -0.4 is 10.9 Å². The summed E-state index contributed by atoms with van der Waals surface area (Å²) in [5.74, 6) is -0.520. The highest BCUT2D eigenvalue weighted by Gasteiger charge is 2.18. The molecule has 0 saturated carbocycles. The van der Waals surface area contributed by atoms with Crippen LogP contribution in [0.4, 0.5) is 10.1 Å². The topological polar surface area (TPSA) is 68.9 Å². The number of carbonyl (C=O) groups excluding carboxylic acids is 1.